The lowest BCUT2D eigenvalue weighted by atomic mass is 9.97. The van der Waals surface area contributed by atoms with Gasteiger partial charge >= 0.3 is 0 Å². The lowest BCUT2D eigenvalue weighted by Crippen LogP contribution is -2.41. The molecule has 2 aliphatic rings. The molecular formula is C25H34N6O4. The zero-order chi connectivity index (χ0) is 24.4. The molecule has 10 nitrogen and oxygen atoms in total. The van der Waals surface area contributed by atoms with Gasteiger partial charge in [0.15, 0.2) is 17.3 Å². The van der Waals surface area contributed by atoms with E-state index in [9.17, 15) is 4.79 Å². The predicted octanol–water partition coefficient (Wildman–Crippen LogP) is 3.07. The molecule has 10 heteroatoms. The van der Waals surface area contributed by atoms with Crippen molar-refractivity contribution < 1.29 is 14.2 Å². The van der Waals surface area contributed by atoms with Crippen LogP contribution in [-0.2, 0) is 17.8 Å². The molecular weight excluding hydrogens is 448 g/mol. The molecule has 3 aromatic rings. The molecule has 5 rings (SSSR count). The second kappa shape index (κ2) is 10.3. The van der Waals surface area contributed by atoms with Crippen LogP contribution < -0.4 is 15.0 Å². The van der Waals surface area contributed by atoms with E-state index in [-0.39, 0.29) is 17.5 Å². The fourth-order valence-electron chi connectivity index (χ4n) is 5.38. The number of pyridine rings is 1. The van der Waals surface area contributed by atoms with Crippen LogP contribution in [0.3, 0.4) is 0 Å². The summed E-state index contributed by atoms with van der Waals surface area (Å²) in [5.74, 6) is 2.45. The van der Waals surface area contributed by atoms with Gasteiger partial charge in [0.05, 0.1) is 24.7 Å². The number of fused-ring (bicyclic) bond motifs is 2. The zero-order valence-electron chi connectivity index (χ0n) is 20.7. The number of benzene rings is 1. The van der Waals surface area contributed by atoms with E-state index in [1.54, 1.807) is 7.11 Å². The number of methoxy groups -OCH3 is 1. The minimum absolute atomic E-state index is 0.0275. The summed E-state index contributed by atoms with van der Waals surface area (Å²) in [7, 11) is 1.68. The monoisotopic (exact) mass is 482 g/mol. The molecule has 1 aliphatic heterocycles. The van der Waals surface area contributed by atoms with Crippen molar-refractivity contribution >= 4 is 10.9 Å². The summed E-state index contributed by atoms with van der Waals surface area (Å²) in [5, 5.41) is 13.6. The molecule has 3 heterocycles. The molecule has 2 aromatic heterocycles. The Hall–Kier alpha value is -2.98. The van der Waals surface area contributed by atoms with Crippen molar-refractivity contribution in [1.29, 1.82) is 0 Å². The highest BCUT2D eigenvalue weighted by atomic mass is 16.6. The number of tetrazole rings is 1. The number of ether oxygens (including phenoxy) is 3. The summed E-state index contributed by atoms with van der Waals surface area (Å²) in [6, 6.07) is 6.13. The van der Waals surface area contributed by atoms with Crippen molar-refractivity contribution in [2.75, 3.05) is 26.9 Å². The van der Waals surface area contributed by atoms with E-state index in [0.29, 0.717) is 50.5 Å². The van der Waals surface area contributed by atoms with Crippen molar-refractivity contribution in [1.82, 2.24) is 30.1 Å². The highest BCUT2D eigenvalue weighted by Gasteiger charge is 2.35. The van der Waals surface area contributed by atoms with Crippen LogP contribution in [0.2, 0.25) is 0 Å². The first kappa shape index (κ1) is 23.7. The quantitative estimate of drug-likeness (QED) is 0.496. The maximum Gasteiger partial charge on any atom is 0.252 e. The molecule has 35 heavy (non-hydrogen) atoms. The van der Waals surface area contributed by atoms with Crippen molar-refractivity contribution in [3.8, 4) is 11.5 Å². The zero-order valence-corrected chi connectivity index (χ0v) is 20.7. The number of hydrogen-bond acceptors (Lipinski definition) is 8. The standard InChI is InChI=1S/C25H34N6O4/c1-16(2)23(24-27-28-29-31(24)8-9-33-3)30(19-6-4-5-7-19)15-18-12-17-13-21-22(35-11-10-34-21)14-20(17)26-25(18)32/h12-14,16,19,23H,4-11,15H2,1-3H3,(H,26,32)/t23-/m0/s1. The van der Waals surface area contributed by atoms with E-state index in [1.807, 2.05) is 22.9 Å². The number of aromatic nitrogens is 5. The molecule has 1 N–H and O–H groups in total. The Morgan fingerprint density at radius 1 is 1.17 bits per heavy atom. The Morgan fingerprint density at radius 3 is 2.63 bits per heavy atom. The predicted molar refractivity (Wildman–Crippen MR) is 131 cm³/mol. The molecule has 0 radical (unpaired) electrons. The van der Waals surface area contributed by atoms with Crippen LogP contribution in [0.25, 0.3) is 10.9 Å². The fraction of sp³-hybridized carbons (Fsp3) is 0.600. The Balaban J connectivity index is 1.52. The van der Waals surface area contributed by atoms with Crippen LogP contribution in [0.15, 0.2) is 23.0 Å². The first-order valence-electron chi connectivity index (χ1n) is 12.5. The van der Waals surface area contributed by atoms with E-state index in [1.165, 1.54) is 12.8 Å². The molecule has 188 valence electrons. The number of hydrogen-bond donors (Lipinski definition) is 1. The van der Waals surface area contributed by atoms with Crippen LogP contribution in [0.5, 0.6) is 11.5 Å². The molecule has 1 saturated carbocycles. The highest BCUT2D eigenvalue weighted by molar-refractivity contribution is 5.83. The Kier molecular flexibility index (Phi) is 7.01. The smallest absolute Gasteiger partial charge is 0.252 e. The van der Waals surface area contributed by atoms with E-state index in [0.717, 1.165) is 35.1 Å². The molecule has 0 amide bonds. The number of nitrogens with one attached hydrogen (secondary N) is 1. The van der Waals surface area contributed by atoms with E-state index in [4.69, 9.17) is 14.2 Å². The summed E-state index contributed by atoms with van der Waals surface area (Å²) in [4.78, 5) is 18.7. The molecule has 0 bridgehead atoms. The lowest BCUT2D eigenvalue weighted by molar-refractivity contribution is 0.0822. The summed E-state index contributed by atoms with van der Waals surface area (Å²) >= 11 is 0. The first-order chi connectivity index (χ1) is 17.0. The number of nitrogens with zero attached hydrogens (tertiary/aromatic N) is 5. The van der Waals surface area contributed by atoms with Gasteiger partial charge in [-0.15, -0.1) is 5.10 Å². The first-order valence-corrected chi connectivity index (χ1v) is 12.5. The Morgan fingerprint density at radius 2 is 1.91 bits per heavy atom. The lowest BCUT2D eigenvalue weighted by Gasteiger charge is -2.38. The molecule has 1 aromatic carbocycles. The van der Waals surface area contributed by atoms with Crippen molar-refractivity contribution in [2.24, 2.45) is 5.92 Å². The minimum atomic E-state index is -0.0846. The van der Waals surface area contributed by atoms with Crippen LogP contribution in [0.4, 0.5) is 0 Å². The van der Waals surface area contributed by atoms with Gasteiger partial charge in [-0.25, -0.2) is 4.68 Å². The minimum Gasteiger partial charge on any atom is -0.486 e. The molecule has 0 spiro atoms. The maximum absolute atomic E-state index is 13.2. The van der Waals surface area contributed by atoms with Gasteiger partial charge in [0.2, 0.25) is 0 Å². The third-order valence-corrected chi connectivity index (χ3v) is 7.05. The van der Waals surface area contributed by atoms with Gasteiger partial charge in [0.1, 0.15) is 13.2 Å². The highest BCUT2D eigenvalue weighted by Crippen LogP contribution is 2.37. The third-order valence-electron chi connectivity index (χ3n) is 7.05. The van der Waals surface area contributed by atoms with Gasteiger partial charge in [-0.05, 0) is 41.3 Å². The Labute approximate surface area is 204 Å². The van der Waals surface area contributed by atoms with Gasteiger partial charge in [-0.2, -0.15) is 0 Å². The van der Waals surface area contributed by atoms with Crippen molar-refractivity contribution in [2.45, 2.75) is 64.7 Å². The third kappa shape index (κ3) is 4.90. The van der Waals surface area contributed by atoms with Crippen molar-refractivity contribution in [3.63, 3.8) is 0 Å². The average Bonchev–Trinajstić information content (AvgIpc) is 3.54. The maximum atomic E-state index is 13.2. The van der Waals surface area contributed by atoms with Crippen LogP contribution >= 0.6 is 0 Å². The largest absolute Gasteiger partial charge is 0.486 e. The summed E-state index contributed by atoms with van der Waals surface area (Å²) < 4.78 is 18.6. The summed E-state index contributed by atoms with van der Waals surface area (Å²) in [6.07, 6.45) is 4.59. The number of aromatic amines is 1. The van der Waals surface area contributed by atoms with Crippen LogP contribution in [0, 0.1) is 5.92 Å². The van der Waals surface area contributed by atoms with E-state index < -0.39 is 0 Å². The van der Waals surface area contributed by atoms with E-state index >= 15 is 0 Å². The second-order valence-corrected chi connectivity index (χ2v) is 9.76. The van der Waals surface area contributed by atoms with Gasteiger partial charge < -0.3 is 19.2 Å². The fourth-order valence-corrected chi connectivity index (χ4v) is 5.38. The molecule has 1 fully saturated rings. The normalized spacial score (nSPS) is 17.1. The number of rotatable bonds is 9. The van der Waals surface area contributed by atoms with Gasteiger partial charge in [-0.3, -0.25) is 9.69 Å². The molecule has 1 atom stereocenters. The van der Waals surface area contributed by atoms with Crippen molar-refractivity contribution in [3.05, 3.63) is 39.9 Å². The average molecular weight is 483 g/mol. The SMILES string of the molecule is COCCn1nnnc1[C@H](C(C)C)N(Cc1cc2cc3c(cc2[nH]c1=O)OCCO3)C1CCCC1. The summed E-state index contributed by atoms with van der Waals surface area (Å²) in [5.41, 5.74) is 1.39. The number of H-pyrrole nitrogens is 1. The second-order valence-electron chi connectivity index (χ2n) is 9.76. The summed E-state index contributed by atoms with van der Waals surface area (Å²) in [6.45, 7) is 7.06. The van der Waals surface area contributed by atoms with Crippen LogP contribution in [-0.4, -0.2) is 63.1 Å². The van der Waals surface area contributed by atoms with Gasteiger partial charge in [0.25, 0.3) is 5.56 Å². The topological polar surface area (TPSA) is 107 Å². The molecule has 0 unspecified atom stereocenters. The van der Waals surface area contributed by atoms with E-state index in [2.05, 4.69) is 39.3 Å². The molecule has 1 aliphatic carbocycles. The van der Waals surface area contributed by atoms with Gasteiger partial charge in [0, 0.05) is 36.7 Å². The Bertz CT molecular complexity index is 1220. The van der Waals surface area contributed by atoms with Gasteiger partial charge in [-0.1, -0.05) is 26.7 Å². The van der Waals surface area contributed by atoms with Crippen LogP contribution in [0.1, 0.15) is 57.0 Å². The molecule has 0 saturated heterocycles.